The molecule has 33 heavy (non-hydrogen) atoms. The fourth-order valence-corrected chi connectivity index (χ4v) is 4.75. The lowest BCUT2D eigenvalue weighted by Gasteiger charge is -2.27. The van der Waals surface area contributed by atoms with E-state index in [1.807, 2.05) is 0 Å². The van der Waals surface area contributed by atoms with Gasteiger partial charge in [0.2, 0.25) is 5.91 Å². The van der Waals surface area contributed by atoms with Crippen LogP contribution < -0.4 is 4.74 Å². The highest BCUT2D eigenvalue weighted by Crippen LogP contribution is 2.34. The van der Waals surface area contributed by atoms with Gasteiger partial charge < -0.3 is 9.64 Å². The molecule has 2 aliphatic heterocycles. The average Bonchev–Trinajstić information content (AvgIpc) is 3.07. The van der Waals surface area contributed by atoms with E-state index in [2.05, 4.69) is 0 Å². The van der Waals surface area contributed by atoms with Crippen LogP contribution in [0.5, 0.6) is 5.75 Å². The van der Waals surface area contributed by atoms with Gasteiger partial charge in [-0.3, -0.25) is 19.3 Å². The third kappa shape index (κ3) is 5.39. The van der Waals surface area contributed by atoms with E-state index in [0.29, 0.717) is 24.4 Å². The summed E-state index contributed by atoms with van der Waals surface area (Å²) in [5.74, 6) is -0.793. The van der Waals surface area contributed by atoms with E-state index in [-0.39, 0.29) is 34.6 Å². The largest absolute Gasteiger partial charge is 0.488 e. The molecule has 172 valence electrons. The highest BCUT2D eigenvalue weighted by Gasteiger charge is 2.37. The molecule has 0 atom stereocenters. The highest BCUT2D eigenvalue weighted by molar-refractivity contribution is 8.18. The minimum Gasteiger partial charge on any atom is -0.488 e. The van der Waals surface area contributed by atoms with E-state index >= 15 is 0 Å². The lowest BCUT2D eigenvalue weighted by Crippen LogP contribution is -2.44. The van der Waals surface area contributed by atoms with Crippen molar-refractivity contribution in [3.63, 3.8) is 0 Å². The fraction of sp³-hybridized carbons (Fsp3) is 0.292. The van der Waals surface area contributed by atoms with E-state index in [1.54, 1.807) is 41.3 Å². The Morgan fingerprint density at radius 1 is 1.09 bits per heavy atom. The first kappa shape index (κ1) is 23.3. The van der Waals surface area contributed by atoms with Crippen LogP contribution in [0.2, 0.25) is 5.02 Å². The molecule has 0 bridgehead atoms. The van der Waals surface area contributed by atoms with Gasteiger partial charge in [-0.2, -0.15) is 0 Å². The molecule has 0 unspecified atom stereocenters. The van der Waals surface area contributed by atoms with Gasteiger partial charge in [0.1, 0.15) is 24.7 Å². The molecule has 2 aromatic carbocycles. The zero-order valence-corrected chi connectivity index (χ0v) is 19.3. The summed E-state index contributed by atoms with van der Waals surface area (Å²) < 4.78 is 19.8. The van der Waals surface area contributed by atoms with E-state index in [4.69, 9.17) is 16.3 Å². The lowest BCUT2D eigenvalue weighted by molar-refractivity contribution is -0.136. The van der Waals surface area contributed by atoms with Crippen molar-refractivity contribution in [2.45, 2.75) is 25.9 Å². The minimum absolute atomic E-state index is 0.0951. The number of imide groups is 1. The second-order valence-electron chi connectivity index (χ2n) is 7.74. The number of hydrogen-bond acceptors (Lipinski definition) is 5. The minimum atomic E-state index is -0.512. The maximum absolute atomic E-state index is 14.1. The van der Waals surface area contributed by atoms with Crippen LogP contribution in [0.4, 0.5) is 9.18 Å². The van der Waals surface area contributed by atoms with Gasteiger partial charge in [-0.25, -0.2) is 4.39 Å². The molecule has 0 radical (unpaired) electrons. The van der Waals surface area contributed by atoms with Crippen LogP contribution in [0.25, 0.3) is 6.08 Å². The number of ether oxygens (including phenoxy) is 1. The SMILES string of the molecule is O=C(CN1C(=O)S/C(=C\c2ccccc2OCc2c(F)cccc2Cl)C1=O)N1CCCCC1. The number of rotatable bonds is 6. The molecule has 2 fully saturated rings. The van der Waals surface area contributed by atoms with E-state index in [9.17, 15) is 18.8 Å². The second kappa shape index (κ2) is 10.4. The number of halogens is 2. The summed E-state index contributed by atoms with van der Waals surface area (Å²) in [6, 6.07) is 11.3. The molecule has 2 heterocycles. The summed E-state index contributed by atoms with van der Waals surface area (Å²) in [5.41, 5.74) is 0.781. The Balaban J connectivity index is 1.48. The first-order chi connectivity index (χ1) is 15.9. The molecular formula is C24H22ClFN2O4S. The van der Waals surface area contributed by atoms with Crippen LogP contribution in [0.3, 0.4) is 0 Å². The van der Waals surface area contributed by atoms with Crippen molar-refractivity contribution in [2.24, 2.45) is 0 Å². The van der Waals surface area contributed by atoms with E-state index in [0.717, 1.165) is 35.9 Å². The highest BCUT2D eigenvalue weighted by atomic mass is 35.5. The van der Waals surface area contributed by atoms with Crippen LogP contribution in [-0.4, -0.2) is 46.5 Å². The van der Waals surface area contributed by atoms with Crippen molar-refractivity contribution in [3.05, 3.63) is 69.3 Å². The maximum atomic E-state index is 14.1. The average molecular weight is 489 g/mol. The number of nitrogens with zero attached hydrogens (tertiary/aromatic N) is 2. The van der Waals surface area contributed by atoms with Crippen LogP contribution in [0, 0.1) is 5.82 Å². The third-order valence-electron chi connectivity index (χ3n) is 5.52. The van der Waals surface area contributed by atoms with E-state index in [1.165, 1.54) is 12.1 Å². The number of para-hydroxylation sites is 1. The Bertz CT molecular complexity index is 1100. The zero-order chi connectivity index (χ0) is 23.4. The van der Waals surface area contributed by atoms with Crippen LogP contribution in [0.15, 0.2) is 47.4 Å². The predicted molar refractivity (Wildman–Crippen MR) is 125 cm³/mol. The fourth-order valence-electron chi connectivity index (χ4n) is 3.71. The zero-order valence-electron chi connectivity index (χ0n) is 17.8. The summed E-state index contributed by atoms with van der Waals surface area (Å²) in [5, 5.41) is -0.222. The third-order valence-corrected chi connectivity index (χ3v) is 6.78. The van der Waals surface area contributed by atoms with Crippen molar-refractivity contribution >= 4 is 46.5 Å². The molecule has 0 aliphatic carbocycles. The number of carbonyl (C=O) groups excluding carboxylic acids is 3. The summed E-state index contributed by atoms with van der Waals surface area (Å²) >= 11 is 6.85. The van der Waals surface area contributed by atoms with Crippen LogP contribution >= 0.6 is 23.4 Å². The van der Waals surface area contributed by atoms with Gasteiger partial charge in [-0.15, -0.1) is 0 Å². The summed E-state index contributed by atoms with van der Waals surface area (Å²) in [6.45, 7) is 0.956. The normalized spacial score (nSPS) is 17.7. The van der Waals surface area contributed by atoms with Gasteiger partial charge in [0.05, 0.1) is 9.93 Å². The monoisotopic (exact) mass is 488 g/mol. The Hall–Kier alpha value is -2.84. The molecule has 3 amide bonds. The maximum Gasteiger partial charge on any atom is 0.294 e. The van der Waals surface area contributed by atoms with Gasteiger partial charge in [0.25, 0.3) is 11.1 Å². The number of piperidine rings is 1. The lowest BCUT2D eigenvalue weighted by atomic mass is 10.1. The van der Waals surface area contributed by atoms with E-state index < -0.39 is 17.0 Å². The Morgan fingerprint density at radius 2 is 1.85 bits per heavy atom. The summed E-state index contributed by atoms with van der Waals surface area (Å²) in [4.78, 5) is 40.7. The molecule has 2 aromatic rings. The van der Waals surface area contributed by atoms with Gasteiger partial charge in [0.15, 0.2) is 0 Å². The van der Waals surface area contributed by atoms with Crippen LogP contribution in [0.1, 0.15) is 30.4 Å². The molecule has 0 N–H and O–H groups in total. The number of amides is 3. The first-order valence-corrected chi connectivity index (χ1v) is 11.8. The van der Waals surface area contributed by atoms with Gasteiger partial charge in [-0.05, 0) is 55.3 Å². The second-order valence-corrected chi connectivity index (χ2v) is 9.14. The summed E-state index contributed by atoms with van der Waals surface area (Å²) in [6.07, 6.45) is 4.50. The van der Waals surface area contributed by atoms with Crippen molar-refractivity contribution in [3.8, 4) is 5.75 Å². The topological polar surface area (TPSA) is 66.9 Å². The summed E-state index contributed by atoms with van der Waals surface area (Å²) in [7, 11) is 0. The number of thioether (sulfide) groups is 1. The number of carbonyl (C=O) groups is 3. The van der Waals surface area contributed by atoms with Crippen molar-refractivity contribution in [1.29, 1.82) is 0 Å². The van der Waals surface area contributed by atoms with Gasteiger partial charge in [-0.1, -0.05) is 35.9 Å². The molecular weight excluding hydrogens is 467 g/mol. The molecule has 6 nitrogen and oxygen atoms in total. The Morgan fingerprint density at radius 3 is 2.61 bits per heavy atom. The molecule has 4 rings (SSSR count). The number of benzene rings is 2. The smallest absolute Gasteiger partial charge is 0.294 e. The predicted octanol–water partition coefficient (Wildman–Crippen LogP) is 5.11. The first-order valence-electron chi connectivity index (χ1n) is 10.6. The van der Waals surface area contributed by atoms with Crippen molar-refractivity contribution in [2.75, 3.05) is 19.6 Å². The molecule has 0 saturated carbocycles. The van der Waals surface area contributed by atoms with Gasteiger partial charge in [0, 0.05) is 24.2 Å². The molecule has 0 aromatic heterocycles. The standard InChI is InChI=1S/C24H22ClFN2O4S/c25-18-8-6-9-19(26)17(18)15-32-20-10-3-2-7-16(20)13-21-23(30)28(24(31)33-21)14-22(29)27-11-4-1-5-12-27/h2-3,6-10,13H,1,4-5,11-12,14-15H2/b21-13-. The number of likely N-dealkylation sites (tertiary alicyclic amines) is 1. The molecule has 9 heteroatoms. The van der Waals surface area contributed by atoms with Crippen LogP contribution in [-0.2, 0) is 16.2 Å². The molecule has 0 spiro atoms. The van der Waals surface area contributed by atoms with Crippen molar-refractivity contribution < 1.29 is 23.5 Å². The van der Waals surface area contributed by atoms with Gasteiger partial charge >= 0.3 is 0 Å². The quantitative estimate of drug-likeness (QED) is 0.529. The number of hydrogen-bond donors (Lipinski definition) is 0. The van der Waals surface area contributed by atoms with Crippen molar-refractivity contribution in [1.82, 2.24) is 9.80 Å². The molecule has 2 saturated heterocycles. The molecule has 2 aliphatic rings. The Kier molecular flexibility index (Phi) is 7.35. The Labute approximate surface area is 200 Å².